The molecule has 0 radical (unpaired) electrons. The van der Waals surface area contributed by atoms with E-state index in [1.807, 2.05) is 73.7 Å². The van der Waals surface area contributed by atoms with Crippen molar-refractivity contribution in [2.45, 2.75) is 13.5 Å². The number of nitrogens with zero attached hydrogens (tertiary/aromatic N) is 2. The smallest absolute Gasteiger partial charge is 0.266 e. The molecule has 0 aromatic heterocycles. The van der Waals surface area contributed by atoms with Crippen molar-refractivity contribution in [3.05, 3.63) is 88.9 Å². The highest BCUT2D eigenvalue weighted by molar-refractivity contribution is 14.1. The molecule has 0 saturated carbocycles. The Balaban J connectivity index is 1.55. The van der Waals surface area contributed by atoms with E-state index in [4.69, 9.17) is 26.1 Å². The maximum atomic E-state index is 13.1. The number of benzene rings is 3. The molecule has 0 spiro atoms. The first kappa shape index (κ1) is 26.3. The molecule has 1 fully saturated rings. The van der Waals surface area contributed by atoms with Crippen LogP contribution in [-0.4, -0.2) is 29.6 Å². The number of methoxy groups -OCH3 is 1. The SMILES string of the molecule is CCN1C(=O)/C(=C\c2cc(I)c(OCc3ccccc3Cl)c(I)c2)SC1=Nc1ccc(OC)cc1. The van der Waals surface area contributed by atoms with Gasteiger partial charge >= 0.3 is 0 Å². The number of carbonyl (C=O) groups excluding carboxylic acids is 1. The van der Waals surface area contributed by atoms with E-state index < -0.39 is 0 Å². The number of likely N-dealkylation sites (N-methyl/N-ethyl adjacent to an activating group) is 1. The third kappa shape index (κ3) is 6.33. The molecule has 1 aliphatic heterocycles. The average molecular weight is 731 g/mol. The molecule has 35 heavy (non-hydrogen) atoms. The Labute approximate surface area is 241 Å². The minimum absolute atomic E-state index is 0.0474. The van der Waals surface area contributed by atoms with Crippen LogP contribution < -0.4 is 9.47 Å². The number of halogens is 3. The van der Waals surface area contributed by atoms with Gasteiger partial charge in [-0.1, -0.05) is 29.8 Å². The summed E-state index contributed by atoms with van der Waals surface area (Å²) in [5.41, 5.74) is 2.63. The van der Waals surface area contributed by atoms with Crippen LogP contribution in [0.5, 0.6) is 11.5 Å². The lowest BCUT2D eigenvalue weighted by atomic mass is 10.2. The normalized spacial score (nSPS) is 15.8. The maximum Gasteiger partial charge on any atom is 0.266 e. The lowest BCUT2D eigenvalue weighted by molar-refractivity contribution is -0.122. The Hall–Kier alpha value is -1.76. The first-order valence-electron chi connectivity index (χ1n) is 10.7. The molecule has 0 aliphatic carbocycles. The number of ether oxygens (including phenoxy) is 2. The van der Waals surface area contributed by atoms with Crippen LogP contribution in [0.2, 0.25) is 5.02 Å². The van der Waals surface area contributed by atoms with Crippen LogP contribution in [0.15, 0.2) is 70.6 Å². The Morgan fingerprint density at radius 1 is 1.09 bits per heavy atom. The van der Waals surface area contributed by atoms with Crippen molar-refractivity contribution >= 4 is 91.4 Å². The number of hydrogen-bond donors (Lipinski definition) is 0. The summed E-state index contributed by atoms with van der Waals surface area (Å²) in [4.78, 5) is 20.1. The van der Waals surface area contributed by atoms with Crippen LogP contribution in [0.4, 0.5) is 5.69 Å². The van der Waals surface area contributed by atoms with E-state index in [1.54, 1.807) is 12.0 Å². The van der Waals surface area contributed by atoms with Crippen molar-refractivity contribution < 1.29 is 14.3 Å². The van der Waals surface area contributed by atoms with Crippen LogP contribution in [0.1, 0.15) is 18.1 Å². The minimum atomic E-state index is -0.0474. The Bertz CT molecular complexity index is 1290. The minimum Gasteiger partial charge on any atom is -0.497 e. The fourth-order valence-electron chi connectivity index (χ4n) is 3.35. The molecule has 1 aliphatic rings. The van der Waals surface area contributed by atoms with Gasteiger partial charge in [-0.2, -0.15) is 0 Å². The molecule has 1 amide bonds. The molecular formula is C26H21ClI2N2O3S. The molecule has 0 bridgehead atoms. The monoisotopic (exact) mass is 730 g/mol. The van der Waals surface area contributed by atoms with Crippen molar-refractivity contribution in [1.82, 2.24) is 4.90 Å². The van der Waals surface area contributed by atoms with Gasteiger partial charge in [0, 0.05) is 17.1 Å². The topological polar surface area (TPSA) is 51.1 Å². The third-order valence-corrected chi connectivity index (χ3v) is 8.13. The van der Waals surface area contributed by atoms with Gasteiger partial charge in [-0.05, 0) is 118 Å². The summed E-state index contributed by atoms with van der Waals surface area (Å²) < 4.78 is 13.2. The van der Waals surface area contributed by atoms with Gasteiger partial charge in [0.15, 0.2) is 5.17 Å². The predicted octanol–water partition coefficient (Wildman–Crippen LogP) is 7.76. The lowest BCUT2D eigenvalue weighted by Crippen LogP contribution is -2.28. The predicted molar refractivity (Wildman–Crippen MR) is 161 cm³/mol. The second-order valence-corrected chi connectivity index (χ2v) is 11.2. The van der Waals surface area contributed by atoms with Gasteiger partial charge < -0.3 is 9.47 Å². The fraction of sp³-hybridized carbons (Fsp3) is 0.154. The summed E-state index contributed by atoms with van der Waals surface area (Å²) in [7, 11) is 1.63. The molecular weight excluding hydrogens is 710 g/mol. The molecule has 0 N–H and O–H groups in total. The van der Waals surface area contributed by atoms with Crippen LogP contribution in [0.25, 0.3) is 6.08 Å². The first-order chi connectivity index (χ1) is 16.9. The quantitative estimate of drug-likeness (QED) is 0.184. The molecule has 3 aromatic carbocycles. The molecule has 5 nitrogen and oxygen atoms in total. The number of rotatable bonds is 7. The van der Waals surface area contributed by atoms with Gasteiger partial charge in [-0.15, -0.1) is 0 Å². The van der Waals surface area contributed by atoms with E-state index in [9.17, 15) is 4.79 Å². The zero-order valence-corrected chi connectivity index (χ0v) is 24.8. The van der Waals surface area contributed by atoms with Gasteiger partial charge in [-0.25, -0.2) is 4.99 Å². The van der Waals surface area contributed by atoms with Crippen LogP contribution >= 0.6 is 68.5 Å². The standard InChI is InChI=1S/C26H21ClI2N2O3S/c1-3-31-25(32)23(35-26(31)30-18-8-10-19(33-2)11-9-18)14-16-12-21(28)24(22(29)13-16)34-15-17-6-4-5-7-20(17)27/h4-14H,3,15H2,1-2H3/b23-14+,30-26?. The highest BCUT2D eigenvalue weighted by Gasteiger charge is 2.32. The number of amides is 1. The first-order valence-corrected chi connectivity index (χ1v) is 14.0. The largest absolute Gasteiger partial charge is 0.497 e. The summed E-state index contributed by atoms with van der Waals surface area (Å²) in [6.45, 7) is 2.88. The van der Waals surface area contributed by atoms with Crippen LogP contribution in [-0.2, 0) is 11.4 Å². The van der Waals surface area contributed by atoms with Crippen molar-refractivity contribution in [2.75, 3.05) is 13.7 Å². The lowest BCUT2D eigenvalue weighted by Gasteiger charge is -2.13. The molecule has 1 heterocycles. The molecule has 0 atom stereocenters. The molecule has 180 valence electrons. The molecule has 1 saturated heterocycles. The molecule has 9 heteroatoms. The Morgan fingerprint density at radius 3 is 2.40 bits per heavy atom. The zero-order valence-electron chi connectivity index (χ0n) is 18.9. The summed E-state index contributed by atoms with van der Waals surface area (Å²) in [6, 6.07) is 19.1. The number of hydrogen-bond acceptors (Lipinski definition) is 5. The van der Waals surface area contributed by atoms with Gasteiger partial charge in [0.1, 0.15) is 18.1 Å². The van der Waals surface area contributed by atoms with Crippen LogP contribution in [0, 0.1) is 7.14 Å². The Kier molecular flexibility index (Phi) is 9.01. The van der Waals surface area contributed by atoms with E-state index >= 15 is 0 Å². The number of amidine groups is 1. The summed E-state index contributed by atoms with van der Waals surface area (Å²) >= 11 is 12.2. The maximum absolute atomic E-state index is 13.1. The number of aliphatic imine (C=N–C) groups is 1. The van der Waals surface area contributed by atoms with Gasteiger partial charge in [-0.3, -0.25) is 9.69 Å². The van der Waals surface area contributed by atoms with Crippen molar-refractivity contribution in [1.29, 1.82) is 0 Å². The van der Waals surface area contributed by atoms with Crippen molar-refractivity contribution in [3.63, 3.8) is 0 Å². The van der Waals surface area contributed by atoms with E-state index in [-0.39, 0.29) is 5.91 Å². The summed E-state index contributed by atoms with van der Waals surface area (Å²) in [5, 5.41) is 1.35. The molecule has 4 rings (SSSR count). The van der Waals surface area contributed by atoms with E-state index in [1.165, 1.54) is 11.8 Å². The molecule has 3 aromatic rings. The Morgan fingerprint density at radius 2 is 1.77 bits per heavy atom. The highest BCUT2D eigenvalue weighted by Crippen LogP contribution is 2.36. The van der Waals surface area contributed by atoms with Crippen molar-refractivity contribution in [3.8, 4) is 11.5 Å². The van der Waals surface area contributed by atoms with E-state index in [2.05, 4.69) is 45.2 Å². The van der Waals surface area contributed by atoms with Crippen molar-refractivity contribution in [2.24, 2.45) is 4.99 Å². The molecule has 0 unspecified atom stereocenters. The van der Waals surface area contributed by atoms with Crippen LogP contribution in [0.3, 0.4) is 0 Å². The third-order valence-electron chi connectivity index (χ3n) is 5.15. The average Bonchev–Trinajstić information content (AvgIpc) is 3.13. The summed E-state index contributed by atoms with van der Waals surface area (Å²) in [5.74, 6) is 1.52. The summed E-state index contributed by atoms with van der Waals surface area (Å²) in [6.07, 6.45) is 1.91. The van der Waals surface area contributed by atoms with E-state index in [0.29, 0.717) is 28.2 Å². The van der Waals surface area contributed by atoms with Gasteiger partial charge in [0.2, 0.25) is 0 Å². The zero-order chi connectivity index (χ0) is 24.9. The highest BCUT2D eigenvalue weighted by atomic mass is 127. The second-order valence-electron chi connectivity index (χ2n) is 7.45. The van der Waals surface area contributed by atoms with Gasteiger partial charge in [0.25, 0.3) is 5.91 Å². The van der Waals surface area contributed by atoms with Gasteiger partial charge in [0.05, 0.1) is 24.8 Å². The fourth-order valence-corrected chi connectivity index (χ4v) is 6.74. The number of thioether (sulfide) groups is 1. The van der Waals surface area contributed by atoms with E-state index in [0.717, 1.165) is 35.5 Å². The number of carbonyl (C=O) groups is 1. The second kappa shape index (κ2) is 12.0.